The lowest BCUT2D eigenvalue weighted by atomic mass is 10.2. The highest BCUT2D eigenvalue weighted by molar-refractivity contribution is 7.98. The molecule has 0 spiro atoms. The molecule has 2 aromatic heterocycles. The van der Waals surface area contributed by atoms with Crippen LogP contribution >= 0.6 is 11.8 Å². The molecule has 24 heavy (non-hydrogen) atoms. The Morgan fingerprint density at radius 1 is 1.12 bits per heavy atom. The molecule has 0 saturated heterocycles. The first-order valence-corrected chi connectivity index (χ1v) is 8.33. The SMILES string of the molecule is CC(=O)NNC(=O)c1ccc(SCc2cn3ccccc3n2)cc1. The van der Waals surface area contributed by atoms with E-state index in [1.54, 1.807) is 23.9 Å². The van der Waals surface area contributed by atoms with Crippen LogP contribution in [0.25, 0.3) is 5.65 Å². The molecule has 0 aliphatic rings. The van der Waals surface area contributed by atoms with Crippen LogP contribution in [0.1, 0.15) is 23.0 Å². The fraction of sp³-hybridized carbons (Fsp3) is 0.118. The fourth-order valence-electron chi connectivity index (χ4n) is 2.13. The maximum absolute atomic E-state index is 11.8. The van der Waals surface area contributed by atoms with Gasteiger partial charge in [0.15, 0.2) is 0 Å². The van der Waals surface area contributed by atoms with Gasteiger partial charge in [0.2, 0.25) is 5.91 Å². The van der Waals surface area contributed by atoms with Crippen LogP contribution in [0, 0.1) is 0 Å². The van der Waals surface area contributed by atoms with Crippen molar-refractivity contribution >= 4 is 29.2 Å². The standard InChI is InChI=1S/C17H16N4O2S/c1-12(22)19-20-17(23)13-5-7-15(8-6-13)24-11-14-10-21-9-3-2-4-16(21)18-14/h2-10H,11H2,1H3,(H,19,22)(H,20,23). The molecule has 2 N–H and O–H groups in total. The predicted octanol–water partition coefficient (Wildman–Crippen LogP) is 2.41. The number of thioether (sulfide) groups is 1. The summed E-state index contributed by atoms with van der Waals surface area (Å²) in [4.78, 5) is 28.2. The molecule has 0 bridgehead atoms. The van der Waals surface area contributed by atoms with Crippen LogP contribution < -0.4 is 10.9 Å². The summed E-state index contributed by atoms with van der Waals surface area (Å²) in [5.74, 6) is 0.0872. The number of rotatable bonds is 4. The number of hydrazine groups is 1. The van der Waals surface area contributed by atoms with E-state index in [-0.39, 0.29) is 11.8 Å². The lowest BCUT2D eigenvalue weighted by Crippen LogP contribution is -2.40. The van der Waals surface area contributed by atoms with Crippen molar-refractivity contribution in [2.45, 2.75) is 17.6 Å². The van der Waals surface area contributed by atoms with Gasteiger partial charge in [-0.3, -0.25) is 20.4 Å². The Bertz CT molecular complexity index is 841. The summed E-state index contributed by atoms with van der Waals surface area (Å²) in [6.45, 7) is 1.33. The fourth-order valence-corrected chi connectivity index (χ4v) is 2.92. The Balaban J connectivity index is 1.59. The molecule has 0 aliphatic heterocycles. The number of pyridine rings is 1. The molecular weight excluding hydrogens is 324 g/mol. The maximum atomic E-state index is 11.8. The minimum absolute atomic E-state index is 0.317. The third-order valence-electron chi connectivity index (χ3n) is 3.27. The number of hydrogen-bond donors (Lipinski definition) is 2. The Labute approximate surface area is 143 Å². The molecule has 0 aliphatic carbocycles. The van der Waals surface area contributed by atoms with Crippen molar-refractivity contribution in [2.24, 2.45) is 0 Å². The number of amides is 2. The number of carbonyl (C=O) groups excluding carboxylic acids is 2. The van der Waals surface area contributed by atoms with Crippen LogP contribution in [0.15, 0.2) is 59.8 Å². The average Bonchev–Trinajstić information content (AvgIpc) is 3.01. The summed E-state index contributed by atoms with van der Waals surface area (Å²) in [7, 11) is 0. The summed E-state index contributed by atoms with van der Waals surface area (Å²) in [5.41, 5.74) is 7.01. The number of nitrogens with zero attached hydrogens (tertiary/aromatic N) is 2. The third-order valence-corrected chi connectivity index (χ3v) is 4.31. The van der Waals surface area contributed by atoms with Crippen molar-refractivity contribution in [1.29, 1.82) is 0 Å². The van der Waals surface area contributed by atoms with E-state index in [1.165, 1.54) is 6.92 Å². The molecule has 3 aromatic rings. The van der Waals surface area contributed by atoms with E-state index in [0.29, 0.717) is 5.56 Å². The van der Waals surface area contributed by atoms with Crippen LogP contribution in [0.2, 0.25) is 0 Å². The van der Waals surface area contributed by atoms with E-state index in [1.807, 2.05) is 47.1 Å². The number of imidazole rings is 1. The summed E-state index contributed by atoms with van der Waals surface area (Å²) < 4.78 is 1.99. The second-order valence-corrected chi connectivity index (χ2v) is 6.20. The van der Waals surface area contributed by atoms with Crippen LogP contribution in [-0.2, 0) is 10.5 Å². The van der Waals surface area contributed by atoms with Gasteiger partial charge in [0.1, 0.15) is 5.65 Å². The number of hydrogen-bond acceptors (Lipinski definition) is 4. The monoisotopic (exact) mass is 340 g/mol. The van der Waals surface area contributed by atoms with Gasteiger partial charge in [0, 0.05) is 35.5 Å². The molecule has 7 heteroatoms. The smallest absolute Gasteiger partial charge is 0.269 e. The van der Waals surface area contributed by atoms with Crippen molar-refractivity contribution in [1.82, 2.24) is 20.2 Å². The summed E-state index contributed by atoms with van der Waals surface area (Å²) >= 11 is 1.65. The van der Waals surface area contributed by atoms with E-state index < -0.39 is 0 Å². The topological polar surface area (TPSA) is 75.5 Å². The Morgan fingerprint density at radius 2 is 1.92 bits per heavy atom. The van der Waals surface area contributed by atoms with Gasteiger partial charge in [-0.25, -0.2) is 4.98 Å². The van der Waals surface area contributed by atoms with E-state index in [2.05, 4.69) is 15.8 Å². The highest BCUT2D eigenvalue weighted by Gasteiger charge is 2.06. The van der Waals surface area contributed by atoms with Crippen LogP contribution in [0.3, 0.4) is 0 Å². The highest BCUT2D eigenvalue weighted by Crippen LogP contribution is 2.23. The first-order valence-electron chi connectivity index (χ1n) is 7.34. The number of carbonyl (C=O) groups is 2. The summed E-state index contributed by atoms with van der Waals surface area (Å²) in [6.07, 6.45) is 3.98. The van der Waals surface area contributed by atoms with Crippen molar-refractivity contribution in [3.63, 3.8) is 0 Å². The molecule has 6 nitrogen and oxygen atoms in total. The van der Waals surface area contributed by atoms with E-state index in [0.717, 1.165) is 22.0 Å². The van der Waals surface area contributed by atoms with Gasteiger partial charge in [-0.1, -0.05) is 6.07 Å². The molecule has 1 aromatic carbocycles. The van der Waals surface area contributed by atoms with Crippen LogP contribution in [0.4, 0.5) is 0 Å². The zero-order valence-corrected chi connectivity index (χ0v) is 13.8. The number of benzene rings is 1. The molecule has 2 amide bonds. The van der Waals surface area contributed by atoms with E-state index in [9.17, 15) is 9.59 Å². The van der Waals surface area contributed by atoms with E-state index >= 15 is 0 Å². The predicted molar refractivity (Wildman–Crippen MR) is 92.5 cm³/mol. The van der Waals surface area contributed by atoms with Crippen LogP contribution in [-0.4, -0.2) is 21.2 Å². The second-order valence-electron chi connectivity index (χ2n) is 5.15. The van der Waals surface area contributed by atoms with Gasteiger partial charge in [0.25, 0.3) is 5.91 Å². The highest BCUT2D eigenvalue weighted by atomic mass is 32.2. The average molecular weight is 340 g/mol. The molecule has 0 unspecified atom stereocenters. The molecular formula is C17H16N4O2S. The first kappa shape index (κ1) is 16.1. The Morgan fingerprint density at radius 3 is 2.62 bits per heavy atom. The van der Waals surface area contributed by atoms with Gasteiger partial charge >= 0.3 is 0 Å². The van der Waals surface area contributed by atoms with Gasteiger partial charge in [-0.2, -0.15) is 0 Å². The maximum Gasteiger partial charge on any atom is 0.269 e. The molecule has 122 valence electrons. The number of fused-ring (bicyclic) bond motifs is 1. The molecule has 0 fully saturated rings. The Hall–Kier alpha value is -2.80. The number of nitrogens with one attached hydrogen (secondary N) is 2. The molecule has 2 heterocycles. The van der Waals surface area contributed by atoms with Crippen molar-refractivity contribution in [3.8, 4) is 0 Å². The minimum atomic E-state index is -0.345. The Kier molecular flexibility index (Phi) is 4.81. The largest absolute Gasteiger partial charge is 0.307 e. The second kappa shape index (κ2) is 7.18. The quantitative estimate of drug-likeness (QED) is 0.565. The van der Waals surface area contributed by atoms with E-state index in [4.69, 9.17) is 0 Å². The lowest BCUT2D eigenvalue weighted by molar-refractivity contribution is -0.119. The molecule has 0 radical (unpaired) electrons. The lowest BCUT2D eigenvalue weighted by Gasteiger charge is -2.05. The minimum Gasteiger partial charge on any atom is -0.307 e. The molecule has 0 atom stereocenters. The van der Waals surface area contributed by atoms with Crippen LogP contribution in [0.5, 0.6) is 0 Å². The third kappa shape index (κ3) is 3.94. The van der Waals surface area contributed by atoms with Crippen molar-refractivity contribution in [3.05, 3.63) is 66.1 Å². The van der Waals surface area contributed by atoms with Gasteiger partial charge < -0.3 is 4.40 Å². The van der Waals surface area contributed by atoms with Crippen molar-refractivity contribution < 1.29 is 9.59 Å². The first-order chi connectivity index (χ1) is 11.6. The van der Waals surface area contributed by atoms with Gasteiger partial charge in [0.05, 0.1) is 5.69 Å². The zero-order valence-electron chi connectivity index (χ0n) is 13.0. The van der Waals surface area contributed by atoms with Gasteiger partial charge in [-0.05, 0) is 36.4 Å². The van der Waals surface area contributed by atoms with Gasteiger partial charge in [-0.15, -0.1) is 11.8 Å². The summed E-state index contributed by atoms with van der Waals surface area (Å²) in [5, 5.41) is 0. The normalized spacial score (nSPS) is 10.5. The number of aromatic nitrogens is 2. The molecule has 0 saturated carbocycles. The summed E-state index contributed by atoms with van der Waals surface area (Å²) in [6, 6.07) is 13.1. The van der Waals surface area contributed by atoms with Crippen molar-refractivity contribution in [2.75, 3.05) is 0 Å². The zero-order chi connectivity index (χ0) is 16.9. The molecule has 3 rings (SSSR count).